The molecule has 2 rings (SSSR count). The van der Waals surface area contributed by atoms with Gasteiger partial charge >= 0.3 is 0 Å². The highest BCUT2D eigenvalue weighted by Crippen LogP contribution is 2.19. The van der Waals surface area contributed by atoms with Crippen molar-refractivity contribution in [2.45, 2.75) is 12.5 Å². The maximum Gasteiger partial charge on any atom is 0.289 e. The third-order valence-electron chi connectivity index (χ3n) is 2.61. The number of nitriles is 1. The van der Waals surface area contributed by atoms with Gasteiger partial charge in [0.2, 0.25) is 0 Å². The lowest BCUT2D eigenvalue weighted by Gasteiger charge is -2.12. The summed E-state index contributed by atoms with van der Waals surface area (Å²) >= 11 is 0. The molecule has 0 amide bonds. The van der Waals surface area contributed by atoms with Gasteiger partial charge in [-0.15, -0.1) is 0 Å². The van der Waals surface area contributed by atoms with Gasteiger partial charge in [0.25, 0.3) is 5.69 Å². The first-order valence-electron chi connectivity index (χ1n) is 5.22. The predicted molar refractivity (Wildman–Crippen MR) is 60.5 cm³/mol. The highest BCUT2D eigenvalue weighted by Gasteiger charge is 2.18. The van der Waals surface area contributed by atoms with E-state index in [0.29, 0.717) is 5.82 Å². The van der Waals surface area contributed by atoms with Crippen molar-refractivity contribution < 1.29 is 4.92 Å². The Kier molecular flexibility index (Phi) is 3.16. The van der Waals surface area contributed by atoms with Crippen LogP contribution >= 0.6 is 0 Å². The molecular weight excluding hydrogens is 222 g/mol. The third-order valence-corrected chi connectivity index (χ3v) is 2.61. The summed E-state index contributed by atoms with van der Waals surface area (Å²) in [6, 6.07) is 3.37. The van der Waals surface area contributed by atoms with Gasteiger partial charge < -0.3 is 10.6 Å². The highest BCUT2D eigenvalue weighted by atomic mass is 16.6. The standard InChI is InChI=1S/C10H11N5O2/c11-4-7-3-9(15(16)17)6-13-10(7)14-8-1-2-12-5-8/h3,6,8,12H,1-2,5H2,(H,13,14). The van der Waals surface area contributed by atoms with Gasteiger partial charge in [-0.2, -0.15) is 5.26 Å². The van der Waals surface area contributed by atoms with Crippen LogP contribution in [0.4, 0.5) is 11.5 Å². The molecule has 7 nitrogen and oxygen atoms in total. The molecule has 88 valence electrons. The van der Waals surface area contributed by atoms with Crippen LogP contribution in [-0.4, -0.2) is 29.0 Å². The fraction of sp³-hybridized carbons (Fsp3) is 0.400. The van der Waals surface area contributed by atoms with Crippen molar-refractivity contribution >= 4 is 11.5 Å². The Bertz CT molecular complexity index is 476. The Morgan fingerprint density at radius 3 is 3.12 bits per heavy atom. The number of nitrogens with zero attached hydrogens (tertiary/aromatic N) is 3. The van der Waals surface area contributed by atoms with Gasteiger partial charge in [-0.3, -0.25) is 10.1 Å². The van der Waals surface area contributed by atoms with Crippen LogP contribution in [0.5, 0.6) is 0 Å². The molecule has 1 unspecified atom stereocenters. The molecule has 1 aliphatic heterocycles. The van der Waals surface area contributed by atoms with Crippen LogP contribution in [0.2, 0.25) is 0 Å². The van der Waals surface area contributed by atoms with Crippen LogP contribution < -0.4 is 10.6 Å². The van der Waals surface area contributed by atoms with Gasteiger partial charge in [0.15, 0.2) is 0 Å². The van der Waals surface area contributed by atoms with Crippen molar-refractivity contribution in [1.82, 2.24) is 10.3 Å². The van der Waals surface area contributed by atoms with Crippen LogP contribution in [0.3, 0.4) is 0 Å². The first kappa shape index (κ1) is 11.3. The molecule has 1 fully saturated rings. The Morgan fingerprint density at radius 1 is 1.71 bits per heavy atom. The molecule has 17 heavy (non-hydrogen) atoms. The second-order valence-corrected chi connectivity index (χ2v) is 3.79. The smallest absolute Gasteiger partial charge is 0.289 e. The molecule has 0 aliphatic carbocycles. The van der Waals surface area contributed by atoms with Crippen molar-refractivity contribution in [3.8, 4) is 6.07 Å². The number of nitrogens with one attached hydrogen (secondary N) is 2. The first-order chi connectivity index (χ1) is 8.20. The lowest BCUT2D eigenvalue weighted by atomic mass is 10.2. The molecule has 0 aromatic carbocycles. The summed E-state index contributed by atoms with van der Waals surface area (Å²) in [4.78, 5) is 13.9. The Morgan fingerprint density at radius 2 is 2.53 bits per heavy atom. The van der Waals surface area contributed by atoms with E-state index in [4.69, 9.17) is 5.26 Å². The second kappa shape index (κ2) is 4.76. The van der Waals surface area contributed by atoms with E-state index >= 15 is 0 Å². The Hall–Kier alpha value is -2.20. The quantitative estimate of drug-likeness (QED) is 0.586. The topological polar surface area (TPSA) is 104 Å². The van der Waals surface area contributed by atoms with Crippen LogP contribution in [-0.2, 0) is 0 Å². The minimum atomic E-state index is -0.561. The van der Waals surface area contributed by atoms with Crippen molar-refractivity contribution in [3.05, 3.63) is 27.9 Å². The fourth-order valence-electron chi connectivity index (χ4n) is 1.73. The third kappa shape index (κ3) is 2.49. The van der Waals surface area contributed by atoms with Crippen molar-refractivity contribution in [1.29, 1.82) is 5.26 Å². The van der Waals surface area contributed by atoms with Crippen LogP contribution in [0.15, 0.2) is 12.3 Å². The molecule has 0 bridgehead atoms. The maximum absolute atomic E-state index is 10.6. The molecule has 2 heterocycles. The zero-order valence-electron chi connectivity index (χ0n) is 9.01. The number of rotatable bonds is 3. The minimum Gasteiger partial charge on any atom is -0.365 e. The lowest BCUT2D eigenvalue weighted by Crippen LogP contribution is -2.23. The Balaban J connectivity index is 2.22. The zero-order valence-corrected chi connectivity index (χ0v) is 9.01. The molecule has 1 aliphatic rings. The predicted octanol–water partition coefficient (Wildman–Crippen LogP) is 0.635. The molecular formula is C10H11N5O2. The average Bonchev–Trinajstić information content (AvgIpc) is 2.82. The van der Waals surface area contributed by atoms with Gasteiger partial charge in [-0.1, -0.05) is 0 Å². The molecule has 1 atom stereocenters. The van der Waals surface area contributed by atoms with E-state index in [1.54, 1.807) is 0 Å². The van der Waals surface area contributed by atoms with Crippen molar-refractivity contribution in [2.24, 2.45) is 0 Å². The number of anilines is 1. The molecule has 7 heteroatoms. The number of aromatic nitrogens is 1. The van der Waals surface area contributed by atoms with Gasteiger partial charge in [0.05, 0.1) is 4.92 Å². The average molecular weight is 233 g/mol. The van der Waals surface area contributed by atoms with Gasteiger partial charge in [0.1, 0.15) is 23.6 Å². The molecule has 2 N–H and O–H groups in total. The summed E-state index contributed by atoms with van der Waals surface area (Å²) in [6.07, 6.45) is 2.11. The van der Waals surface area contributed by atoms with E-state index in [1.807, 2.05) is 6.07 Å². The van der Waals surface area contributed by atoms with Crippen molar-refractivity contribution in [2.75, 3.05) is 18.4 Å². The minimum absolute atomic E-state index is 0.170. The lowest BCUT2D eigenvalue weighted by molar-refractivity contribution is -0.385. The van der Waals surface area contributed by atoms with E-state index in [9.17, 15) is 10.1 Å². The molecule has 0 spiro atoms. The summed E-state index contributed by atoms with van der Waals surface area (Å²) < 4.78 is 0. The summed E-state index contributed by atoms with van der Waals surface area (Å²) in [5.74, 6) is 0.409. The maximum atomic E-state index is 10.6. The normalized spacial score (nSPS) is 18.6. The number of nitro groups is 1. The summed E-state index contributed by atoms with van der Waals surface area (Å²) in [5.41, 5.74) is 0.0303. The first-order valence-corrected chi connectivity index (χ1v) is 5.22. The van der Waals surface area contributed by atoms with Crippen molar-refractivity contribution in [3.63, 3.8) is 0 Å². The fourth-order valence-corrected chi connectivity index (χ4v) is 1.73. The van der Waals surface area contributed by atoms with Crippen LogP contribution in [0.25, 0.3) is 0 Å². The summed E-state index contributed by atoms with van der Waals surface area (Å²) in [5, 5.41) is 25.8. The molecule has 0 saturated carbocycles. The van der Waals surface area contributed by atoms with E-state index in [0.717, 1.165) is 25.7 Å². The number of hydrogen-bond donors (Lipinski definition) is 2. The summed E-state index contributed by atoms with van der Waals surface area (Å²) in [6.45, 7) is 1.73. The largest absolute Gasteiger partial charge is 0.365 e. The van der Waals surface area contributed by atoms with Gasteiger partial charge in [-0.05, 0) is 13.0 Å². The molecule has 1 saturated heterocycles. The van der Waals surface area contributed by atoms with E-state index in [-0.39, 0.29) is 17.3 Å². The zero-order chi connectivity index (χ0) is 12.3. The highest BCUT2D eigenvalue weighted by molar-refractivity contribution is 5.56. The number of hydrogen-bond acceptors (Lipinski definition) is 6. The molecule has 1 aromatic rings. The van der Waals surface area contributed by atoms with E-state index in [2.05, 4.69) is 15.6 Å². The second-order valence-electron chi connectivity index (χ2n) is 3.79. The van der Waals surface area contributed by atoms with Crippen LogP contribution in [0, 0.1) is 21.4 Å². The monoisotopic (exact) mass is 233 g/mol. The summed E-state index contributed by atoms with van der Waals surface area (Å²) in [7, 11) is 0. The van der Waals surface area contributed by atoms with E-state index < -0.39 is 4.92 Å². The Labute approximate surface area is 97.6 Å². The number of pyridine rings is 1. The van der Waals surface area contributed by atoms with Gasteiger partial charge in [-0.25, -0.2) is 4.98 Å². The van der Waals surface area contributed by atoms with E-state index in [1.165, 1.54) is 6.07 Å². The SMILES string of the molecule is N#Cc1cc([N+](=O)[O-])cnc1NC1CCNC1. The van der Waals surface area contributed by atoms with Gasteiger partial charge in [0, 0.05) is 18.7 Å². The molecule has 0 radical (unpaired) electrons. The molecule has 1 aromatic heterocycles. The van der Waals surface area contributed by atoms with Crippen LogP contribution in [0.1, 0.15) is 12.0 Å².